The second-order valence-electron chi connectivity index (χ2n) is 5.97. The van der Waals surface area contributed by atoms with Gasteiger partial charge in [-0.3, -0.25) is 4.79 Å². The summed E-state index contributed by atoms with van der Waals surface area (Å²) in [7, 11) is 0. The molecule has 0 atom stereocenters. The highest BCUT2D eigenvalue weighted by atomic mass is 79.9. The largest absolute Gasteiger partial charge is 0.357 e. The molecule has 0 unspecified atom stereocenters. The summed E-state index contributed by atoms with van der Waals surface area (Å²) in [5.41, 5.74) is 10.5. The van der Waals surface area contributed by atoms with Gasteiger partial charge in [0.2, 0.25) is 0 Å². The van der Waals surface area contributed by atoms with Crippen LogP contribution in [0.3, 0.4) is 0 Å². The third-order valence-corrected chi connectivity index (χ3v) is 4.97. The summed E-state index contributed by atoms with van der Waals surface area (Å²) in [5.74, 6) is -0.0864. The Balaban J connectivity index is 1.84. The van der Waals surface area contributed by atoms with Gasteiger partial charge in [-0.1, -0.05) is 40.2 Å². The number of pyridine rings is 1. The van der Waals surface area contributed by atoms with Crippen LogP contribution in [0.15, 0.2) is 75.6 Å². The Labute approximate surface area is 165 Å². The molecular formula is C20H18BrN5O. The Morgan fingerprint density at radius 3 is 2.63 bits per heavy atom. The first-order valence-electron chi connectivity index (χ1n) is 8.27. The van der Waals surface area contributed by atoms with Crippen LogP contribution in [0.5, 0.6) is 0 Å². The average Bonchev–Trinajstić information content (AvgIpc) is 2.66. The van der Waals surface area contributed by atoms with E-state index in [-0.39, 0.29) is 5.70 Å². The predicted molar refractivity (Wildman–Crippen MR) is 111 cm³/mol. The number of allylic oxidation sites excluding steroid dienone is 1. The van der Waals surface area contributed by atoms with Gasteiger partial charge in [0.1, 0.15) is 5.82 Å². The maximum atomic E-state index is 12.6. The smallest absolute Gasteiger partial charge is 0.279 e. The molecule has 3 N–H and O–H groups in total. The first kappa shape index (κ1) is 18.7. The van der Waals surface area contributed by atoms with Gasteiger partial charge < -0.3 is 10.6 Å². The molecule has 0 aliphatic rings. The van der Waals surface area contributed by atoms with Gasteiger partial charge in [-0.25, -0.2) is 10.5 Å². The molecule has 1 aromatic heterocycles. The lowest BCUT2D eigenvalue weighted by Gasteiger charge is -2.13. The second-order valence-corrected chi connectivity index (χ2v) is 6.82. The Bertz CT molecular complexity index is 1060. The Kier molecular flexibility index (Phi) is 5.61. The minimum Gasteiger partial charge on any atom is -0.357 e. The normalized spacial score (nSPS) is 11.7. The second kappa shape index (κ2) is 8.09. The van der Waals surface area contributed by atoms with E-state index in [4.69, 9.17) is 5.53 Å². The zero-order chi connectivity index (χ0) is 19.4. The van der Waals surface area contributed by atoms with Gasteiger partial charge in [0, 0.05) is 21.2 Å². The number of benzene rings is 2. The fourth-order valence-corrected chi connectivity index (χ4v) is 2.99. The van der Waals surface area contributed by atoms with Crippen molar-refractivity contribution in [3.63, 3.8) is 0 Å². The number of halogens is 1. The molecule has 0 fully saturated rings. The number of nitrogens with zero attached hydrogens (tertiary/aromatic N) is 2. The van der Waals surface area contributed by atoms with Crippen LogP contribution in [0.4, 0.5) is 11.5 Å². The summed E-state index contributed by atoms with van der Waals surface area (Å²) in [6.45, 7) is 3.66. The molecule has 0 aliphatic heterocycles. The maximum absolute atomic E-state index is 12.6. The van der Waals surface area contributed by atoms with Crippen LogP contribution in [-0.2, 0) is 4.79 Å². The van der Waals surface area contributed by atoms with Crippen molar-refractivity contribution < 1.29 is 4.79 Å². The molecule has 1 heterocycles. The molecule has 6 nitrogen and oxygen atoms in total. The SMILES string of the molecule is C/C(Nc1cccc(Br)c1C)=C(/N=N)C(=O)Nc1ccc2ccccc2n1. The molecule has 3 rings (SSSR count). The van der Waals surface area contributed by atoms with Gasteiger partial charge >= 0.3 is 0 Å². The fourth-order valence-electron chi connectivity index (χ4n) is 2.62. The summed E-state index contributed by atoms with van der Waals surface area (Å²) in [5, 5.41) is 10.3. The molecule has 0 saturated heterocycles. The fraction of sp³-hybridized carbons (Fsp3) is 0.100. The molecule has 3 aromatic rings. The van der Waals surface area contributed by atoms with Gasteiger partial charge in [-0.2, -0.15) is 5.11 Å². The van der Waals surface area contributed by atoms with Crippen molar-refractivity contribution in [3.8, 4) is 0 Å². The summed E-state index contributed by atoms with van der Waals surface area (Å²) in [6, 6.07) is 17.0. The van der Waals surface area contributed by atoms with Crippen LogP contribution in [0.1, 0.15) is 12.5 Å². The van der Waals surface area contributed by atoms with Gasteiger partial charge in [-0.15, -0.1) is 0 Å². The van der Waals surface area contributed by atoms with E-state index in [9.17, 15) is 4.79 Å². The number of hydrogen-bond acceptors (Lipinski definition) is 5. The minimum atomic E-state index is -0.495. The summed E-state index contributed by atoms with van der Waals surface area (Å²) < 4.78 is 0.953. The summed E-state index contributed by atoms with van der Waals surface area (Å²) in [4.78, 5) is 17.0. The predicted octanol–water partition coefficient (Wildman–Crippen LogP) is 5.62. The van der Waals surface area contributed by atoms with Crippen molar-refractivity contribution >= 4 is 44.2 Å². The third-order valence-electron chi connectivity index (χ3n) is 4.11. The first-order chi connectivity index (χ1) is 13.0. The zero-order valence-electron chi connectivity index (χ0n) is 14.9. The number of para-hydroxylation sites is 1. The molecule has 0 bridgehead atoms. The minimum absolute atomic E-state index is 0.00988. The highest BCUT2D eigenvalue weighted by molar-refractivity contribution is 9.10. The van der Waals surface area contributed by atoms with Gasteiger partial charge in [-0.05, 0) is 49.7 Å². The number of aromatic nitrogens is 1. The Morgan fingerprint density at radius 2 is 1.85 bits per heavy atom. The van der Waals surface area contributed by atoms with Crippen molar-refractivity contribution in [2.75, 3.05) is 10.6 Å². The van der Waals surface area contributed by atoms with Crippen LogP contribution in [0.2, 0.25) is 0 Å². The topological polar surface area (TPSA) is 90.2 Å². The van der Waals surface area contributed by atoms with Crippen LogP contribution in [0, 0.1) is 12.5 Å². The number of carbonyl (C=O) groups excluding carboxylic acids is 1. The molecule has 2 aromatic carbocycles. The van der Waals surface area contributed by atoms with E-state index in [1.165, 1.54) is 0 Å². The lowest BCUT2D eigenvalue weighted by Crippen LogP contribution is -2.17. The number of amides is 1. The van der Waals surface area contributed by atoms with Crippen LogP contribution in [-0.4, -0.2) is 10.9 Å². The van der Waals surface area contributed by atoms with Crippen LogP contribution in [0.25, 0.3) is 10.9 Å². The maximum Gasteiger partial charge on any atom is 0.279 e. The van der Waals surface area contributed by atoms with E-state index in [0.717, 1.165) is 26.6 Å². The number of anilines is 2. The van der Waals surface area contributed by atoms with E-state index in [2.05, 4.69) is 36.7 Å². The van der Waals surface area contributed by atoms with Crippen molar-refractivity contribution in [3.05, 3.63) is 76.0 Å². The lowest BCUT2D eigenvalue weighted by molar-refractivity contribution is -0.113. The van der Waals surface area contributed by atoms with Crippen molar-refractivity contribution in [2.45, 2.75) is 13.8 Å². The van der Waals surface area contributed by atoms with Crippen molar-refractivity contribution in [2.24, 2.45) is 5.11 Å². The Hall–Kier alpha value is -3.06. The standard InChI is InChI=1S/C20H18BrN5O/c1-12-15(21)7-5-9-16(12)23-13(2)19(26-22)20(27)25-18-11-10-14-6-3-4-8-17(14)24-18/h3-11,22-23H,1-2H3,(H,24,25,27)/b19-13-,26-22?. The number of hydrogen-bond donors (Lipinski definition) is 3. The monoisotopic (exact) mass is 423 g/mol. The molecule has 0 radical (unpaired) electrons. The number of rotatable bonds is 5. The molecule has 1 amide bonds. The van der Waals surface area contributed by atoms with Gasteiger partial charge in [0.15, 0.2) is 5.70 Å². The number of carbonyl (C=O) groups is 1. The van der Waals surface area contributed by atoms with E-state index >= 15 is 0 Å². The zero-order valence-corrected chi connectivity index (χ0v) is 16.5. The van der Waals surface area contributed by atoms with E-state index in [1.807, 2.05) is 55.5 Å². The van der Waals surface area contributed by atoms with Crippen LogP contribution >= 0.6 is 15.9 Å². The van der Waals surface area contributed by atoms with E-state index in [0.29, 0.717) is 11.5 Å². The lowest BCUT2D eigenvalue weighted by atomic mass is 10.2. The molecular weight excluding hydrogens is 406 g/mol. The average molecular weight is 424 g/mol. The molecule has 0 aliphatic carbocycles. The molecule has 136 valence electrons. The quantitative estimate of drug-likeness (QED) is 0.367. The molecule has 7 heteroatoms. The number of nitrogens with one attached hydrogen (secondary N) is 3. The van der Waals surface area contributed by atoms with Crippen molar-refractivity contribution in [1.29, 1.82) is 5.53 Å². The highest BCUT2D eigenvalue weighted by Gasteiger charge is 2.15. The van der Waals surface area contributed by atoms with Gasteiger partial charge in [0.05, 0.1) is 5.52 Å². The van der Waals surface area contributed by atoms with E-state index < -0.39 is 5.91 Å². The third kappa shape index (κ3) is 4.20. The summed E-state index contributed by atoms with van der Waals surface area (Å²) >= 11 is 3.48. The first-order valence-corrected chi connectivity index (χ1v) is 9.06. The van der Waals surface area contributed by atoms with Crippen molar-refractivity contribution in [1.82, 2.24) is 4.98 Å². The number of fused-ring (bicyclic) bond motifs is 1. The molecule has 0 saturated carbocycles. The van der Waals surface area contributed by atoms with Crippen LogP contribution < -0.4 is 10.6 Å². The molecule has 0 spiro atoms. The highest BCUT2D eigenvalue weighted by Crippen LogP contribution is 2.25. The Morgan fingerprint density at radius 1 is 1.07 bits per heavy atom. The van der Waals surface area contributed by atoms with Gasteiger partial charge in [0.25, 0.3) is 5.91 Å². The molecule has 27 heavy (non-hydrogen) atoms. The summed E-state index contributed by atoms with van der Waals surface area (Å²) in [6.07, 6.45) is 0. The van der Waals surface area contributed by atoms with E-state index in [1.54, 1.807) is 13.0 Å².